The van der Waals surface area contributed by atoms with Gasteiger partial charge in [0.05, 0.1) is 13.0 Å². The van der Waals surface area contributed by atoms with Crippen LogP contribution in [0.4, 0.5) is 0 Å². The maximum Gasteiger partial charge on any atom is 0.323 e. The first-order valence-electron chi connectivity index (χ1n) is 9.54. The number of carbonyl (C=O) groups is 2. The van der Waals surface area contributed by atoms with Crippen molar-refractivity contribution in [1.29, 1.82) is 0 Å². The molecule has 28 heavy (non-hydrogen) atoms. The molecule has 0 saturated carbocycles. The Morgan fingerprint density at radius 1 is 0.964 bits per heavy atom. The summed E-state index contributed by atoms with van der Waals surface area (Å²) in [5.41, 5.74) is 6.67. The number of rotatable bonds is 9. The lowest BCUT2D eigenvalue weighted by Crippen LogP contribution is -2.38. The van der Waals surface area contributed by atoms with Gasteiger partial charge >= 0.3 is 11.9 Å². The molecule has 0 bridgehead atoms. The molecule has 0 aliphatic rings. The summed E-state index contributed by atoms with van der Waals surface area (Å²) >= 11 is 0. The highest BCUT2D eigenvalue weighted by atomic mass is 16.6. The normalized spacial score (nSPS) is 14.2. The van der Waals surface area contributed by atoms with Gasteiger partial charge in [0, 0.05) is 0 Å². The highest BCUT2D eigenvalue weighted by molar-refractivity contribution is 5.86. The molecule has 2 aromatic rings. The Morgan fingerprint density at radius 3 is 2.21 bits per heavy atom. The third-order valence-corrected chi connectivity index (χ3v) is 5.03. The fourth-order valence-corrected chi connectivity index (χ4v) is 2.77. The van der Waals surface area contributed by atoms with Gasteiger partial charge in [-0.15, -0.1) is 0 Å². The van der Waals surface area contributed by atoms with Gasteiger partial charge in [0.2, 0.25) is 0 Å². The first-order valence-corrected chi connectivity index (χ1v) is 9.54. The van der Waals surface area contributed by atoms with Crippen LogP contribution < -0.4 is 10.5 Å². The van der Waals surface area contributed by atoms with Gasteiger partial charge in [-0.1, -0.05) is 44.5 Å². The Bertz CT molecular complexity index is 820. The van der Waals surface area contributed by atoms with E-state index in [2.05, 4.69) is 0 Å². The highest BCUT2D eigenvalue weighted by Crippen LogP contribution is 2.25. The fraction of sp³-hybridized carbons (Fsp3) is 0.455. The SMILES string of the molecule is CC[C@H](C)[C@H](N)C(=O)OCCOC(=O)C(C)c1ccc2cc(OC)ccc2c1. The summed E-state index contributed by atoms with van der Waals surface area (Å²) in [6.45, 7) is 5.65. The summed E-state index contributed by atoms with van der Waals surface area (Å²) < 4.78 is 15.6. The quantitative estimate of drug-likeness (QED) is 0.524. The van der Waals surface area contributed by atoms with Crippen LogP contribution in [0.1, 0.15) is 38.7 Å². The second-order valence-corrected chi connectivity index (χ2v) is 6.94. The number of carbonyl (C=O) groups excluding carboxylic acids is 2. The van der Waals surface area contributed by atoms with Crippen LogP contribution in [0.5, 0.6) is 5.75 Å². The minimum absolute atomic E-state index is 0.00105. The molecule has 6 nitrogen and oxygen atoms in total. The Balaban J connectivity index is 1.87. The van der Waals surface area contributed by atoms with E-state index in [9.17, 15) is 9.59 Å². The molecule has 1 unspecified atom stereocenters. The number of benzene rings is 2. The Kier molecular flexibility index (Phi) is 7.81. The maximum absolute atomic E-state index is 12.3. The summed E-state index contributed by atoms with van der Waals surface area (Å²) in [5.74, 6) is -0.429. The molecule has 0 fully saturated rings. The molecule has 0 amide bonds. The van der Waals surface area contributed by atoms with Crippen molar-refractivity contribution >= 4 is 22.7 Å². The number of ether oxygens (including phenoxy) is 3. The van der Waals surface area contributed by atoms with E-state index in [1.54, 1.807) is 14.0 Å². The molecule has 6 heteroatoms. The van der Waals surface area contributed by atoms with E-state index < -0.39 is 17.9 Å². The summed E-state index contributed by atoms with van der Waals surface area (Å²) in [6.07, 6.45) is 0.793. The fourth-order valence-electron chi connectivity index (χ4n) is 2.77. The predicted octanol–water partition coefficient (Wildman–Crippen LogP) is 3.41. The van der Waals surface area contributed by atoms with Crippen molar-refractivity contribution in [3.8, 4) is 5.75 Å². The van der Waals surface area contributed by atoms with E-state index >= 15 is 0 Å². The van der Waals surface area contributed by atoms with Crippen LogP contribution in [-0.2, 0) is 19.1 Å². The Morgan fingerprint density at radius 2 is 1.57 bits per heavy atom. The van der Waals surface area contributed by atoms with Crippen LogP contribution in [0.3, 0.4) is 0 Å². The predicted molar refractivity (Wildman–Crippen MR) is 108 cm³/mol. The zero-order valence-electron chi connectivity index (χ0n) is 16.9. The van der Waals surface area contributed by atoms with Crippen LogP contribution in [0.2, 0.25) is 0 Å². The molecule has 152 valence electrons. The lowest BCUT2D eigenvalue weighted by Gasteiger charge is -2.17. The van der Waals surface area contributed by atoms with Crippen molar-refractivity contribution < 1.29 is 23.8 Å². The van der Waals surface area contributed by atoms with Crippen molar-refractivity contribution in [2.24, 2.45) is 11.7 Å². The van der Waals surface area contributed by atoms with Gasteiger partial charge in [0.15, 0.2) is 0 Å². The number of hydrogen-bond donors (Lipinski definition) is 1. The second-order valence-electron chi connectivity index (χ2n) is 6.94. The van der Waals surface area contributed by atoms with Gasteiger partial charge in [-0.2, -0.15) is 0 Å². The molecule has 0 radical (unpaired) electrons. The van der Waals surface area contributed by atoms with Crippen LogP contribution >= 0.6 is 0 Å². The molecular formula is C22H29NO5. The molecule has 2 rings (SSSR count). The molecule has 2 N–H and O–H groups in total. The summed E-state index contributed by atoms with van der Waals surface area (Å²) in [4.78, 5) is 24.1. The average Bonchev–Trinajstić information content (AvgIpc) is 2.73. The van der Waals surface area contributed by atoms with Crippen molar-refractivity contribution in [3.63, 3.8) is 0 Å². The topological polar surface area (TPSA) is 87.9 Å². The maximum atomic E-state index is 12.3. The second kappa shape index (κ2) is 10.1. The van der Waals surface area contributed by atoms with Gasteiger partial charge in [-0.3, -0.25) is 9.59 Å². The molecule has 0 spiro atoms. The van der Waals surface area contributed by atoms with Crippen molar-refractivity contribution in [2.75, 3.05) is 20.3 Å². The molecule has 0 heterocycles. The van der Waals surface area contributed by atoms with Gasteiger partial charge in [-0.25, -0.2) is 0 Å². The lowest BCUT2D eigenvalue weighted by molar-refractivity contribution is -0.154. The van der Waals surface area contributed by atoms with E-state index in [4.69, 9.17) is 19.9 Å². The smallest absolute Gasteiger partial charge is 0.323 e. The van der Waals surface area contributed by atoms with Crippen LogP contribution in [0, 0.1) is 5.92 Å². The monoisotopic (exact) mass is 387 g/mol. The van der Waals surface area contributed by atoms with E-state index in [1.807, 2.05) is 50.2 Å². The average molecular weight is 387 g/mol. The van der Waals surface area contributed by atoms with Crippen LogP contribution in [0.15, 0.2) is 36.4 Å². The van der Waals surface area contributed by atoms with E-state index in [-0.39, 0.29) is 25.1 Å². The van der Waals surface area contributed by atoms with Gasteiger partial charge in [-0.05, 0) is 41.3 Å². The number of fused-ring (bicyclic) bond motifs is 1. The zero-order chi connectivity index (χ0) is 20.7. The van der Waals surface area contributed by atoms with Crippen LogP contribution in [0.25, 0.3) is 10.8 Å². The van der Waals surface area contributed by atoms with Crippen LogP contribution in [-0.4, -0.2) is 38.3 Å². The van der Waals surface area contributed by atoms with E-state index in [0.717, 1.165) is 28.5 Å². The summed E-state index contributed by atoms with van der Waals surface area (Å²) in [7, 11) is 1.63. The first-order chi connectivity index (χ1) is 13.4. The molecule has 3 atom stereocenters. The lowest BCUT2D eigenvalue weighted by atomic mass is 9.98. The Labute approximate surface area is 165 Å². The van der Waals surface area contributed by atoms with Gasteiger partial charge in [0.25, 0.3) is 0 Å². The third-order valence-electron chi connectivity index (χ3n) is 5.03. The van der Waals surface area contributed by atoms with Crippen molar-refractivity contribution in [1.82, 2.24) is 0 Å². The molecular weight excluding hydrogens is 358 g/mol. The highest BCUT2D eigenvalue weighted by Gasteiger charge is 2.21. The summed E-state index contributed by atoms with van der Waals surface area (Å²) in [5, 5.41) is 2.05. The molecule has 0 aromatic heterocycles. The molecule has 0 saturated heterocycles. The third kappa shape index (κ3) is 5.45. The van der Waals surface area contributed by atoms with Crippen molar-refractivity contribution in [2.45, 2.75) is 39.2 Å². The molecule has 2 aromatic carbocycles. The summed E-state index contributed by atoms with van der Waals surface area (Å²) in [6, 6.07) is 10.9. The van der Waals surface area contributed by atoms with Crippen molar-refractivity contribution in [3.05, 3.63) is 42.0 Å². The zero-order valence-corrected chi connectivity index (χ0v) is 16.9. The molecule has 0 aliphatic carbocycles. The van der Waals surface area contributed by atoms with E-state index in [0.29, 0.717) is 0 Å². The molecule has 0 aliphatic heterocycles. The minimum atomic E-state index is -0.657. The number of hydrogen-bond acceptors (Lipinski definition) is 6. The number of methoxy groups -OCH3 is 1. The minimum Gasteiger partial charge on any atom is -0.497 e. The largest absolute Gasteiger partial charge is 0.497 e. The Hall–Kier alpha value is -2.60. The van der Waals surface area contributed by atoms with Gasteiger partial charge in [0.1, 0.15) is 25.0 Å². The van der Waals surface area contributed by atoms with Gasteiger partial charge < -0.3 is 19.9 Å². The standard InChI is InChI=1S/C22H29NO5/c1-5-14(2)20(23)22(25)28-11-10-27-21(24)15(3)16-6-7-18-13-19(26-4)9-8-17(18)12-16/h6-9,12-15,20H,5,10-11,23H2,1-4H3/t14-,15?,20-/m0/s1. The first kappa shape index (κ1) is 21.7. The number of esters is 2. The number of nitrogens with two attached hydrogens (primary N) is 1. The van der Waals surface area contributed by atoms with E-state index in [1.165, 1.54) is 0 Å².